The number of hydrogen-bond donors (Lipinski definition) is 1. The Bertz CT molecular complexity index is 355. The second-order valence-corrected chi connectivity index (χ2v) is 6.97. The van der Waals surface area contributed by atoms with E-state index in [9.17, 15) is 9.59 Å². The van der Waals surface area contributed by atoms with Crippen molar-refractivity contribution in [2.75, 3.05) is 0 Å². The molecule has 126 valence electrons. The fourth-order valence-corrected chi connectivity index (χ4v) is 3.56. The molecule has 0 aromatic heterocycles. The van der Waals surface area contributed by atoms with Crippen LogP contribution in [0.4, 0.5) is 0 Å². The summed E-state index contributed by atoms with van der Waals surface area (Å²) in [6.45, 7) is 1.74. The van der Waals surface area contributed by atoms with Gasteiger partial charge in [0.1, 0.15) is 12.1 Å². The number of rotatable bonds is 4. The molecule has 1 unspecified atom stereocenters. The first-order valence-electron chi connectivity index (χ1n) is 9.17. The van der Waals surface area contributed by atoms with E-state index in [0.29, 0.717) is 0 Å². The highest BCUT2D eigenvalue weighted by Crippen LogP contribution is 2.24. The van der Waals surface area contributed by atoms with Crippen molar-refractivity contribution in [3.05, 3.63) is 0 Å². The van der Waals surface area contributed by atoms with E-state index in [1.165, 1.54) is 25.7 Å². The van der Waals surface area contributed by atoms with E-state index in [-0.39, 0.29) is 23.9 Å². The zero-order chi connectivity index (χ0) is 15.8. The smallest absolute Gasteiger partial charge is 0.328 e. The van der Waals surface area contributed by atoms with Crippen LogP contribution in [0.25, 0.3) is 0 Å². The van der Waals surface area contributed by atoms with Gasteiger partial charge in [-0.15, -0.1) is 0 Å². The van der Waals surface area contributed by atoms with Crippen LogP contribution in [-0.2, 0) is 14.3 Å². The lowest BCUT2D eigenvalue weighted by Gasteiger charge is -2.25. The Balaban J connectivity index is 1.74. The Kier molecular flexibility index (Phi) is 7.20. The van der Waals surface area contributed by atoms with Gasteiger partial charge in [-0.25, -0.2) is 4.79 Å². The molecule has 0 heterocycles. The number of esters is 1. The summed E-state index contributed by atoms with van der Waals surface area (Å²) in [5.41, 5.74) is 0. The minimum atomic E-state index is -0.528. The molecule has 0 aromatic carbocycles. The Morgan fingerprint density at radius 1 is 0.864 bits per heavy atom. The molecule has 2 aliphatic carbocycles. The zero-order valence-electron chi connectivity index (χ0n) is 13.9. The second kappa shape index (κ2) is 9.16. The molecule has 1 N–H and O–H groups in total. The Morgan fingerprint density at radius 3 is 2.00 bits per heavy atom. The highest BCUT2D eigenvalue weighted by atomic mass is 16.5. The lowest BCUT2D eigenvalue weighted by atomic mass is 9.88. The molecular weight excluding hydrogens is 278 g/mol. The number of ether oxygens (including phenoxy) is 1. The summed E-state index contributed by atoms with van der Waals surface area (Å²) in [7, 11) is 0. The molecule has 0 aromatic rings. The van der Waals surface area contributed by atoms with Crippen LogP contribution in [0, 0.1) is 5.92 Å². The van der Waals surface area contributed by atoms with E-state index in [1.807, 2.05) is 0 Å². The Hall–Kier alpha value is -1.06. The third-order valence-electron chi connectivity index (χ3n) is 5.02. The van der Waals surface area contributed by atoms with Gasteiger partial charge in [0.15, 0.2) is 0 Å². The summed E-state index contributed by atoms with van der Waals surface area (Å²) in [5, 5.41) is 2.85. The van der Waals surface area contributed by atoms with Crippen LogP contribution >= 0.6 is 0 Å². The maximum Gasteiger partial charge on any atom is 0.328 e. The number of hydrogen-bond acceptors (Lipinski definition) is 3. The maximum absolute atomic E-state index is 12.2. The van der Waals surface area contributed by atoms with E-state index < -0.39 is 6.04 Å². The summed E-state index contributed by atoms with van der Waals surface area (Å²) in [5.74, 6) is -0.151. The number of carbonyl (C=O) groups excluding carboxylic acids is 2. The van der Waals surface area contributed by atoms with Crippen molar-refractivity contribution >= 4 is 11.9 Å². The Morgan fingerprint density at radius 2 is 1.36 bits per heavy atom. The first-order chi connectivity index (χ1) is 10.7. The van der Waals surface area contributed by atoms with E-state index >= 15 is 0 Å². The predicted octanol–water partition coefficient (Wildman–Crippen LogP) is 3.73. The fraction of sp³-hybridized carbons (Fsp3) is 0.889. The van der Waals surface area contributed by atoms with Crippen molar-refractivity contribution in [3.8, 4) is 0 Å². The van der Waals surface area contributed by atoms with Crippen LogP contribution < -0.4 is 5.32 Å². The average Bonchev–Trinajstić information content (AvgIpc) is 2.50. The molecule has 2 rings (SSSR count). The van der Waals surface area contributed by atoms with Crippen LogP contribution in [0.2, 0.25) is 0 Å². The minimum Gasteiger partial charge on any atom is -0.461 e. The standard InChI is InChI=1S/C18H31NO3/c1-14(19-17(20)15-10-6-5-7-11-15)18(21)22-16-12-8-3-2-4-9-13-16/h14-16H,2-13H2,1H3,(H,19,20). The SMILES string of the molecule is CC(NC(=O)C1CCCCC1)C(=O)OC1CCCCCCC1. The van der Waals surface area contributed by atoms with Gasteiger partial charge in [0.05, 0.1) is 0 Å². The van der Waals surface area contributed by atoms with Crippen LogP contribution in [0.5, 0.6) is 0 Å². The van der Waals surface area contributed by atoms with Crippen molar-refractivity contribution in [1.82, 2.24) is 5.32 Å². The van der Waals surface area contributed by atoms with Crippen LogP contribution in [0.3, 0.4) is 0 Å². The van der Waals surface area contributed by atoms with Gasteiger partial charge in [0, 0.05) is 5.92 Å². The van der Waals surface area contributed by atoms with Crippen LogP contribution in [0.1, 0.15) is 84.0 Å². The quantitative estimate of drug-likeness (QED) is 0.805. The molecular formula is C18H31NO3. The normalized spacial score (nSPS) is 23.1. The van der Waals surface area contributed by atoms with Crippen LogP contribution in [0.15, 0.2) is 0 Å². The summed E-state index contributed by atoms with van der Waals surface area (Å²) in [6.07, 6.45) is 13.4. The first kappa shape index (κ1) is 17.3. The molecule has 0 bridgehead atoms. The van der Waals surface area contributed by atoms with Gasteiger partial charge in [-0.1, -0.05) is 38.5 Å². The van der Waals surface area contributed by atoms with Crippen molar-refractivity contribution < 1.29 is 14.3 Å². The van der Waals surface area contributed by atoms with E-state index in [0.717, 1.165) is 51.4 Å². The lowest BCUT2D eigenvalue weighted by molar-refractivity contribution is -0.153. The van der Waals surface area contributed by atoms with E-state index in [1.54, 1.807) is 6.92 Å². The van der Waals surface area contributed by atoms with Crippen molar-refractivity contribution in [3.63, 3.8) is 0 Å². The third-order valence-corrected chi connectivity index (χ3v) is 5.02. The fourth-order valence-electron chi connectivity index (χ4n) is 3.56. The maximum atomic E-state index is 12.2. The van der Waals surface area contributed by atoms with Gasteiger partial charge in [-0.05, 0) is 45.4 Å². The highest BCUT2D eigenvalue weighted by Gasteiger charge is 2.26. The lowest BCUT2D eigenvalue weighted by Crippen LogP contribution is -2.44. The molecule has 2 fully saturated rings. The summed E-state index contributed by atoms with van der Waals surface area (Å²) < 4.78 is 5.62. The van der Waals surface area contributed by atoms with Crippen molar-refractivity contribution in [1.29, 1.82) is 0 Å². The highest BCUT2D eigenvalue weighted by molar-refractivity contribution is 5.85. The average molecular weight is 309 g/mol. The molecule has 0 saturated heterocycles. The van der Waals surface area contributed by atoms with Crippen LogP contribution in [-0.4, -0.2) is 24.0 Å². The van der Waals surface area contributed by atoms with Gasteiger partial charge < -0.3 is 10.1 Å². The van der Waals surface area contributed by atoms with E-state index in [4.69, 9.17) is 4.74 Å². The van der Waals surface area contributed by atoms with Gasteiger partial charge in [-0.3, -0.25) is 4.79 Å². The van der Waals surface area contributed by atoms with Gasteiger partial charge in [-0.2, -0.15) is 0 Å². The summed E-state index contributed by atoms with van der Waals surface area (Å²) >= 11 is 0. The Labute approximate surface area is 134 Å². The first-order valence-corrected chi connectivity index (χ1v) is 9.17. The molecule has 0 spiro atoms. The molecule has 4 heteroatoms. The third kappa shape index (κ3) is 5.62. The molecule has 2 aliphatic rings. The predicted molar refractivity (Wildman–Crippen MR) is 86.4 cm³/mol. The molecule has 22 heavy (non-hydrogen) atoms. The van der Waals surface area contributed by atoms with Gasteiger partial charge in [0.25, 0.3) is 0 Å². The summed E-state index contributed by atoms with van der Waals surface area (Å²) in [6, 6.07) is -0.528. The summed E-state index contributed by atoms with van der Waals surface area (Å²) in [4.78, 5) is 24.4. The molecule has 2 saturated carbocycles. The number of nitrogens with one attached hydrogen (secondary N) is 1. The second-order valence-electron chi connectivity index (χ2n) is 6.97. The molecule has 0 aliphatic heterocycles. The topological polar surface area (TPSA) is 55.4 Å². The van der Waals surface area contributed by atoms with Crippen molar-refractivity contribution in [2.24, 2.45) is 5.92 Å². The largest absolute Gasteiger partial charge is 0.461 e. The number of amides is 1. The zero-order valence-corrected chi connectivity index (χ0v) is 13.9. The molecule has 1 amide bonds. The van der Waals surface area contributed by atoms with Crippen molar-refractivity contribution in [2.45, 2.75) is 96.1 Å². The minimum absolute atomic E-state index is 0.0295. The molecule has 4 nitrogen and oxygen atoms in total. The molecule has 1 atom stereocenters. The number of carbonyl (C=O) groups is 2. The van der Waals surface area contributed by atoms with E-state index in [2.05, 4.69) is 5.32 Å². The molecule has 0 radical (unpaired) electrons. The van der Waals surface area contributed by atoms with Gasteiger partial charge >= 0.3 is 5.97 Å². The van der Waals surface area contributed by atoms with Gasteiger partial charge in [0.2, 0.25) is 5.91 Å². The monoisotopic (exact) mass is 309 g/mol.